The summed E-state index contributed by atoms with van der Waals surface area (Å²) in [6, 6.07) is 6.61. The maximum Gasteiger partial charge on any atom is 0.277 e. The summed E-state index contributed by atoms with van der Waals surface area (Å²) in [5.41, 5.74) is 7.10. The monoisotopic (exact) mass is 281 g/mol. The van der Waals surface area contributed by atoms with E-state index < -0.39 is 0 Å². The van der Waals surface area contributed by atoms with Crippen LogP contribution in [0.3, 0.4) is 0 Å². The number of nitrogen functional groups attached to an aromatic ring is 1. The zero-order valence-electron chi connectivity index (χ0n) is 8.11. The van der Waals surface area contributed by atoms with Crippen molar-refractivity contribution in [1.29, 1.82) is 0 Å². The van der Waals surface area contributed by atoms with Crippen LogP contribution in [0, 0.1) is 0 Å². The third-order valence-corrected chi connectivity index (χ3v) is 2.62. The van der Waals surface area contributed by atoms with Crippen LogP contribution in [0.2, 0.25) is 0 Å². The van der Waals surface area contributed by atoms with Gasteiger partial charge in [-0.3, -0.25) is 4.79 Å². The van der Waals surface area contributed by atoms with Crippen molar-refractivity contribution in [3.8, 4) is 0 Å². The molecule has 3 N–H and O–H groups in total. The molecule has 0 aliphatic heterocycles. The van der Waals surface area contributed by atoms with Crippen LogP contribution in [-0.2, 0) is 0 Å². The second-order valence-corrected chi connectivity index (χ2v) is 3.93. The van der Waals surface area contributed by atoms with Crippen LogP contribution in [0.4, 0.5) is 11.4 Å². The van der Waals surface area contributed by atoms with E-state index in [-0.39, 0.29) is 11.6 Å². The molecule has 0 saturated carbocycles. The molecule has 1 heterocycles. The first-order valence-corrected chi connectivity index (χ1v) is 5.23. The summed E-state index contributed by atoms with van der Waals surface area (Å²) in [5.74, 6) is -0.328. The Bertz CT molecular complexity index is 511. The van der Waals surface area contributed by atoms with Crippen molar-refractivity contribution in [2.24, 2.45) is 0 Å². The van der Waals surface area contributed by atoms with Crippen molar-refractivity contribution in [2.75, 3.05) is 11.1 Å². The predicted molar refractivity (Wildman–Crippen MR) is 63.0 cm³/mol. The van der Waals surface area contributed by atoms with Crippen molar-refractivity contribution in [3.05, 3.63) is 40.7 Å². The maximum atomic E-state index is 11.6. The zero-order chi connectivity index (χ0) is 11.5. The third-order valence-electron chi connectivity index (χ3n) is 1.93. The van der Waals surface area contributed by atoms with Gasteiger partial charge >= 0.3 is 0 Å². The third kappa shape index (κ3) is 2.22. The van der Waals surface area contributed by atoms with E-state index in [4.69, 9.17) is 5.73 Å². The Morgan fingerprint density at radius 1 is 1.44 bits per heavy atom. The van der Waals surface area contributed by atoms with E-state index in [0.717, 1.165) is 4.47 Å². The predicted octanol–water partition coefficient (Wildman–Crippen LogP) is 2.27. The van der Waals surface area contributed by atoms with Crippen LogP contribution in [0.15, 0.2) is 39.5 Å². The fraction of sp³-hybridized carbons (Fsp3) is 0. The molecule has 0 radical (unpaired) electrons. The van der Waals surface area contributed by atoms with Gasteiger partial charge in [-0.15, -0.1) is 0 Å². The van der Waals surface area contributed by atoms with E-state index in [1.807, 2.05) is 0 Å². The number of nitrogens with one attached hydrogen (secondary N) is 1. The molecule has 2 aromatic rings. The molecule has 0 aliphatic carbocycles. The van der Waals surface area contributed by atoms with Gasteiger partial charge in [0.15, 0.2) is 5.69 Å². The lowest BCUT2D eigenvalue weighted by atomic mass is 10.3. The first-order valence-electron chi connectivity index (χ1n) is 4.43. The quantitative estimate of drug-likeness (QED) is 0.828. The molecule has 0 spiro atoms. The lowest BCUT2D eigenvalue weighted by molar-refractivity contribution is 0.101. The van der Waals surface area contributed by atoms with Gasteiger partial charge in [-0.05, 0) is 34.1 Å². The first-order chi connectivity index (χ1) is 7.66. The molecule has 2 rings (SSSR count). The van der Waals surface area contributed by atoms with Crippen LogP contribution in [-0.4, -0.2) is 11.1 Å². The number of anilines is 2. The number of nitrogens with zero attached hydrogens (tertiary/aromatic N) is 1. The van der Waals surface area contributed by atoms with Crippen molar-refractivity contribution in [1.82, 2.24) is 5.16 Å². The van der Waals surface area contributed by atoms with E-state index in [9.17, 15) is 4.79 Å². The second-order valence-electron chi connectivity index (χ2n) is 3.08. The molecular weight excluding hydrogens is 274 g/mol. The Hall–Kier alpha value is -1.82. The average Bonchev–Trinajstić information content (AvgIpc) is 2.77. The van der Waals surface area contributed by atoms with Gasteiger partial charge in [-0.25, -0.2) is 0 Å². The summed E-state index contributed by atoms with van der Waals surface area (Å²) >= 11 is 3.27. The molecular formula is C10H8BrN3O2. The minimum absolute atomic E-state index is 0.230. The summed E-state index contributed by atoms with van der Waals surface area (Å²) in [4.78, 5) is 11.6. The Balaban J connectivity index is 2.15. The number of halogens is 1. The van der Waals surface area contributed by atoms with Gasteiger partial charge in [0.1, 0.15) is 6.26 Å². The number of aromatic nitrogens is 1. The molecule has 5 nitrogen and oxygen atoms in total. The smallest absolute Gasteiger partial charge is 0.277 e. The van der Waals surface area contributed by atoms with Gasteiger partial charge in [-0.1, -0.05) is 5.16 Å². The van der Waals surface area contributed by atoms with Crippen LogP contribution in [0.5, 0.6) is 0 Å². The topological polar surface area (TPSA) is 81.1 Å². The highest BCUT2D eigenvalue weighted by molar-refractivity contribution is 9.10. The number of carbonyl (C=O) groups excluding carboxylic acids is 1. The Morgan fingerprint density at radius 2 is 2.25 bits per heavy atom. The van der Waals surface area contributed by atoms with Gasteiger partial charge in [0, 0.05) is 21.9 Å². The molecule has 0 saturated heterocycles. The highest BCUT2D eigenvalue weighted by Gasteiger charge is 2.09. The standard InChI is InChI=1S/C10H8BrN3O2/c11-7-5-6(1-2-8(7)12)13-10(15)9-3-4-16-14-9/h1-5H,12H2,(H,13,15). The molecule has 6 heteroatoms. The molecule has 16 heavy (non-hydrogen) atoms. The van der Waals surface area contributed by atoms with Crippen molar-refractivity contribution in [2.45, 2.75) is 0 Å². The minimum atomic E-state index is -0.328. The molecule has 0 fully saturated rings. The normalized spacial score (nSPS) is 10.1. The number of rotatable bonds is 2. The Labute approximate surface area is 99.7 Å². The van der Waals surface area contributed by atoms with Crippen molar-refractivity contribution < 1.29 is 9.32 Å². The van der Waals surface area contributed by atoms with E-state index >= 15 is 0 Å². The molecule has 82 valence electrons. The van der Waals surface area contributed by atoms with Crippen LogP contribution >= 0.6 is 15.9 Å². The lowest BCUT2D eigenvalue weighted by Gasteiger charge is -2.04. The second kappa shape index (κ2) is 4.36. The van der Waals surface area contributed by atoms with Crippen molar-refractivity contribution in [3.63, 3.8) is 0 Å². The van der Waals surface area contributed by atoms with Gasteiger partial charge in [0.25, 0.3) is 5.91 Å². The van der Waals surface area contributed by atoms with Crippen LogP contribution < -0.4 is 11.1 Å². The van der Waals surface area contributed by atoms with Gasteiger partial charge in [-0.2, -0.15) is 0 Å². The van der Waals surface area contributed by atoms with Crippen LogP contribution in [0.25, 0.3) is 0 Å². The van der Waals surface area contributed by atoms with Gasteiger partial charge in [0.05, 0.1) is 0 Å². The summed E-state index contributed by atoms with van der Waals surface area (Å²) < 4.78 is 5.30. The number of benzene rings is 1. The molecule has 0 unspecified atom stereocenters. The van der Waals surface area contributed by atoms with Gasteiger partial charge in [0.2, 0.25) is 0 Å². The Kier molecular flexibility index (Phi) is 2.91. The first kappa shape index (κ1) is 10.7. The largest absolute Gasteiger partial charge is 0.398 e. The fourth-order valence-electron chi connectivity index (χ4n) is 1.13. The molecule has 1 aromatic carbocycles. The lowest BCUT2D eigenvalue weighted by Crippen LogP contribution is -2.12. The molecule has 0 bridgehead atoms. The summed E-state index contributed by atoms with van der Waals surface area (Å²) in [6.07, 6.45) is 1.34. The van der Waals surface area contributed by atoms with E-state index in [1.165, 1.54) is 12.3 Å². The van der Waals surface area contributed by atoms with Gasteiger partial charge < -0.3 is 15.6 Å². The zero-order valence-corrected chi connectivity index (χ0v) is 9.69. The number of carbonyl (C=O) groups is 1. The number of hydrogen-bond donors (Lipinski definition) is 2. The molecule has 1 aromatic heterocycles. The van der Waals surface area contributed by atoms with E-state index in [0.29, 0.717) is 11.4 Å². The summed E-state index contributed by atoms with van der Waals surface area (Å²) in [7, 11) is 0. The number of hydrogen-bond acceptors (Lipinski definition) is 4. The Morgan fingerprint density at radius 3 is 2.88 bits per heavy atom. The minimum Gasteiger partial charge on any atom is -0.398 e. The van der Waals surface area contributed by atoms with E-state index in [2.05, 4.69) is 30.9 Å². The molecule has 0 aliphatic rings. The molecule has 0 atom stereocenters. The van der Waals surface area contributed by atoms with Crippen LogP contribution in [0.1, 0.15) is 10.5 Å². The highest BCUT2D eigenvalue weighted by Crippen LogP contribution is 2.23. The average molecular weight is 282 g/mol. The van der Waals surface area contributed by atoms with E-state index in [1.54, 1.807) is 18.2 Å². The maximum absolute atomic E-state index is 11.6. The number of amides is 1. The summed E-state index contributed by atoms with van der Waals surface area (Å²) in [5, 5.41) is 6.19. The molecule has 1 amide bonds. The highest BCUT2D eigenvalue weighted by atomic mass is 79.9. The van der Waals surface area contributed by atoms with Crippen molar-refractivity contribution >= 4 is 33.2 Å². The fourth-order valence-corrected chi connectivity index (χ4v) is 1.51. The number of nitrogens with two attached hydrogens (primary N) is 1. The SMILES string of the molecule is Nc1ccc(NC(=O)c2ccon2)cc1Br. The summed E-state index contributed by atoms with van der Waals surface area (Å²) in [6.45, 7) is 0.